The zero-order valence-corrected chi connectivity index (χ0v) is 15.0. The number of rotatable bonds is 2. The number of likely N-dealkylation sites (N-methyl/N-ethyl adjacent to an activating group) is 1. The van der Waals surface area contributed by atoms with Gasteiger partial charge in [-0.3, -0.25) is 4.90 Å². The van der Waals surface area contributed by atoms with Crippen LogP contribution in [0.4, 0.5) is 0 Å². The summed E-state index contributed by atoms with van der Waals surface area (Å²) in [5, 5.41) is 0. The number of hydrogen-bond donors (Lipinski definition) is 0. The third kappa shape index (κ3) is 2.76. The molecule has 1 atom stereocenters. The molecule has 2 aliphatic rings. The summed E-state index contributed by atoms with van der Waals surface area (Å²) >= 11 is 0. The maximum absolute atomic E-state index is 6.13. The van der Waals surface area contributed by atoms with Gasteiger partial charge in [0.15, 0.2) is 0 Å². The van der Waals surface area contributed by atoms with Gasteiger partial charge in [-0.2, -0.15) is 0 Å². The average molecular weight is 326 g/mol. The van der Waals surface area contributed by atoms with Gasteiger partial charge in [-0.05, 0) is 53.3 Å². The lowest BCUT2D eigenvalue weighted by molar-refractivity contribution is 0.00578. The number of hydrogen-bond acceptors (Lipinski definition) is 4. The average Bonchev–Trinajstić information content (AvgIpc) is 2.87. The summed E-state index contributed by atoms with van der Waals surface area (Å²) in [5.74, 6) is 0.967. The van der Waals surface area contributed by atoms with Gasteiger partial charge in [0, 0.05) is 5.56 Å². The van der Waals surface area contributed by atoms with E-state index in [9.17, 15) is 0 Å². The van der Waals surface area contributed by atoms with Crippen LogP contribution in [0.5, 0.6) is 5.75 Å². The number of ether oxygens (including phenoxy) is 1. The van der Waals surface area contributed by atoms with Crippen molar-refractivity contribution in [1.82, 2.24) is 4.90 Å². The van der Waals surface area contributed by atoms with Gasteiger partial charge in [0.2, 0.25) is 0 Å². The molecule has 3 rings (SSSR count). The highest BCUT2D eigenvalue weighted by Crippen LogP contribution is 2.38. The maximum Gasteiger partial charge on any atom is 0.494 e. The summed E-state index contributed by atoms with van der Waals surface area (Å²) in [4.78, 5) is 2.18. The van der Waals surface area contributed by atoms with Gasteiger partial charge in [-0.25, -0.2) is 0 Å². The standard InChI is InChI=1S/C16H24BNO3.ClH/c1-15(2)16(3,4)21-17(20-15)11-7-8-14-12(9-11)13(10-19-14)18(5)6;/h7-9,13H,10H2,1-6H3;1H. The Morgan fingerprint density at radius 3 is 2.23 bits per heavy atom. The second-order valence-corrected chi connectivity index (χ2v) is 7.18. The van der Waals surface area contributed by atoms with Crippen LogP contribution in [-0.4, -0.2) is 43.9 Å². The fraction of sp³-hybridized carbons (Fsp3) is 0.625. The van der Waals surface area contributed by atoms with Crippen LogP contribution in [0.2, 0.25) is 0 Å². The van der Waals surface area contributed by atoms with E-state index < -0.39 is 0 Å². The Bertz CT molecular complexity index is 546. The maximum atomic E-state index is 6.13. The van der Waals surface area contributed by atoms with Crippen LogP contribution in [0.25, 0.3) is 0 Å². The van der Waals surface area contributed by atoms with Crippen molar-refractivity contribution in [2.24, 2.45) is 0 Å². The first-order chi connectivity index (χ1) is 9.71. The normalized spacial score (nSPS) is 24.9. The lowest BCUT2D eigenvalue weighted by Gasteiger charge is -2.32. The Kier molecular flexibility index (Phi) is 4.57. The fourth-order valence-corrected chi connectivity index (χ4v) is 2.77. The van der Waals surface area contributed by atoms with Crippen molar-refractivity contribution in [3.05, 3.63) is 23.8 Å². The first kappa shape index (κ1) is 17.6. The van der Waals surface area contributed by atoms with Crippen molar-refractivity contribution in [3.63, 3.8) is 0 Å². The predicted octanol–water partition coefficient (Wildman–Crippen LogP) is 2.40. The highest BCUT2D eigenvalue weighted by molar-refractivity contribution is 6.62. The van der Waals surface area contributed by atoms with Crippen LogP contribution in [0, 0.1) is 0 Å². The number of halogens is 1. The molecule has 0 bridgehead atoms. The molecule has 0 aromatic heterocycles. The van der Waals surface area contributed by atoms with Gasteiger partial charge < -0.3 is 14.0 Å². The summed E-state index contributed by atoms with van der Waals surface area (Å²) in [7, 11) is 3.83. The lowest BCUT2D eigenvalue weighted by Crippen LogP contribution is -2.41. The van der Waals surface area contributed by atoms with Crippen molar-refractivity contribution in [1.29, 1.82) is 0 Å². The number of nitrogens with zero attached hydrogens (tertiary/aromatic N) is 1. The van der Waals surface area contributed by atoms with E-state index in [2.05, 4.69) is 52.8 Å². The Balaban J connectivity index is 0.00000176. The molecule has 22 heavy (non-hydrogen) atoms. The quantitative estimate of drug-likeness (QED) is 0.781. The zero-order chi connectivity index (χ0) is 15.4. The summed E-state index contributed by atoms with van der Waals surface area (Å²) in [6, 6.07) is 6.52. The minimum atomic E-state index is -0.316. The monoisotopic (exact) mass is 325 g/mol. The van der Waals surface area contributed by atoms with Crippen LogP contribution in [0.1, 0.15) is 39.3 Å². The largest absolute Gasteiger partial charge is 0.494 e. The first-order valence-corrected chi connectivity index (χ1v) is 7.50. The topological polar surface area (TPSA) is 30.9 Å². The third-order valence-corrected chi connectivity index (χ3v) is 4.94. The molecule has 4 nitrogen and oxygen atoms in total. The molecular formula is C16H25BClNO3. The Labute approximate surface area is 139 Å². The van der Waals surface area contributed by atoms with Gasteiger partial charge in [0.1, 0.15) is 12.4 Å². The molecule has 1 unspecified atom stereocenters. The van der Waals surface area contributed by atoms with E-state index in [1.807, 2.05) is 12.1 Å². The molecule has 0 aliphatic carbocycles. The molecule has 2 aliphatic heterocycles. The molecule has 0 spiro atoms. The van der Waals surface area contributed by atoms with Crippen LogP contribution in [-0.2, 0) is 9.31 Å². The van der Waals surface area contributed by atoms with E-state index in [0.717, 1.165) is 11.2 Å². The first-order valence-electron chi connectivity index (χ1n) is 7.50. The number of fused-ring (bicyclic) bond motifs is 1. The molecule has 0 radical (unpaired) electrons. The van der Waals surface area contributed by atoms with Crippen molar-refractivity contribution < 1.29 is 14.0 Å². The van der Waals surface area contributed by atoms with Gasteiger partial charge in [-0.15, -0.1) is 12.4 Å². The third-order valence-electron chi connectivity index (χ3n) is 4.94. The minimum Gasteiger partial charge on any atom is -0.491 e. The summed E-state index contributed by atoms with van der Waals surface area (Å²) in [6.45, 7) is 9.01. The molecule has 1 saturated heterocycles. The minimum absolute atomic E-state index is 0. The molecule has 122 valence electrons. The predicted molar refractivity (Wildman–Crippen MR) is 91.3 cm³/mol. The van der Waals surface area contributed by atoms with Crippen LogP contribution in [0.3, 0.4) is 0 Å². The van der Waals surface area contributed by atoms with Crippen molar-refractivity contribution in [3.8, 4) is 5.75 Å². The Morgan fingerprint density at radius 1 is 1.09 bits per heavy atom. The molecule has 0 amide bonds. The molecule has 1 aromatic carbocycles. The van der Waals surface area contributed by atoms with E-state index >= 15 is 0 Å². The van der Waals surface area contributed by atoms with Gasteiger partial charge in [-0.1, -0.05) is 12.1 Å². The molecule has 0 N–H and O–H groups in total. The van der Waals surface area contributed by atoms with E-state index in [4.69, 9.17) is 14.0 Å². The Morgan fingerprint density at radius 2 is 1.68 bits per heavy atom. The molecule has 2 heterocycles. The molecule has 6 heteroatoms. The highest BCUT2D eigenvalue weighted by Gasteiger charge is 2.51. The molecule has 1 fully saturated rings. The summed E-state index contributed by atoms with van der Waals surface area (Å²) in [5.41, 5.74) is 1.65. The fourth-order valence-electron chi connectivity index (χ4n) is 2.77. The van der Waals surface area contributed by atoms with E-state index in [1.54, 1.807) is 0 Å². The van der Waals surface area contributed by atoms with Crippen LogP contribution in [0.15, 0.2) is 18.2 Å². The van der Waals surface area contributed by atoms with Gasteiger partial charge in [0.05, 0.1) is 17.2 Å². The summed E-state index contributed by atoms with van der Waals surface area (Å²) < 4.78 is 18.0. The van der Waals surface area contributed by atoms with Crippen LogP contribution < -0.4 is 10.2 Å². The molecular weight excluding hydrogens is 300 g/mol. The smallest absolute Gasteiger partial charge is 0.491 e. The van der Waals surface area contributed by atoms with Gasteiger partial charge in [0.25, 0.3) is 0 Å². The molecule has 0 saturated carbocycles. The lowest BCUT2D eigenvalue weighted by atomic mass is 9.78. The van der Waals surface area contributed by atoms with E-state index in [-0.39, 0.29) is 30.7 Å². The Hall–Kier alpha value is -0.745. The van der Waals surface area contributed by atoms with Crippen molar-refractivity contribution >= 4 is 25.0 Å². The van der Waals surface area contributed by atoms with Gasteiger partial charge >= 0.3 is 7.12 Å². The zero-order valence-electron chi connectivity index (χ0n) is 14.2. The SMILES string of the molecule is CN(C)C1COc2ccc(B3OC(C)(C)C(C)(C)O3)cc21.Cl. The summed E-state index contributed by atoms with van der Waals surface area (Å²) in [6.07, 6.45) is 0. The molecule has 1 aromatic rings. The van der Waals surface area contributed by atoms with Crippen molar-refractivity contribution in [2.75, 3.05) is 20.7 Å². The van der Waals surface area contributed by atoms with Crippen molar-refractivity contribution in [2.45, 2.75) is 44.9 Å². The van der Waals surface area contributed by atoms with E-state index in [1.165, 1.54) is 5.56 Å². The van der Waals surface area contributed by atoms with Crippen LogP contribution >= 0.6 is 12.4 Å². The van der Waals surface area contributed by atoms with E-state index in [0.29, 0.717) is 12.6 Å². The second kappa shape index (κ2) is 5.71. The number of benzene rings is 1. The highest BCUT2D eigenvalue weighted by atomic mass is 35.5. The second-order valence-electron chi connectivity index (χ2n) is 7.18.